The molecule has 19 heavy (non-hydrogen) atoms. The molecule has 5 nitrogen and oxygen atoms in total. The monoisotopic (exact) mass is 255 g/mol. The van der Waals surface area contributed by atoms with Gasteiger partial charge in [-0.2, -0.15) is 5.10 Å². The van der Waals surface area contributed by atoms with Crippen molar-refractivity contribution in [3.63, 3.8) is 0 Å². The normalized spacial score (nSPS) is 14.1. The number of carbonyl (C=O) groups excluding carboxylic acids is 2. The number of nitrogens with zero attached hydrogens (tertiary/aromatic N) is 3. The maximum atomic E-state index is 12.2. The predicted molar refractivity (Wildman–Crippen MR) is 68.6 cm³/mol. The van der Waals surface area contributed by atoms with E-state index in [0.717, 1.165) is 11.4 Å². The SMILES string of the molecule is Cc1cc(C)n(CN2C(=O)c3ccccc3C2=O)n1. The molecule has 0 atom stereocenters. The third-order valence-corrected chi connectivity index (χ3v) is 3.26. The summed E-state index contributed by atoms with van der Waals surface area (Å²) in [5.74, 6) is -0.513. The van der Waals surface area contributed by atoms with E-state index in [9.17, 15) is 9.59 Å². The number of aryl methyl sites for hydroxylation is 2. The summed E-state index contributed by atoms with van der Waals surface area (Å²) in [4.78, 5) is 25.6. The van der Waals surface area contributed by atoms with Crippen molar-refractivity contribution in [1.82, 2.24) is 14.7 Å². The van der Waals surface area contributed by atoms with Gasteiger partial charge in [-0.15, -0.1) is 0 Å². The molecule has 0 bridgehead atoms. The van der Waals surface area contributed by atoms with Crippen molar-refractivity contribution in [3.05, 3.63) is 52.8 Å². The Morgan fingerprint density at radius 1 is 1.05 bits per heavy atom. The van der Waals surface area contributed by atoms with Gasteiger partial charge in [-0.3, -0.25) is 14.5 Å². The largest absolute Gasteiger partial charge is 0.269 e. The molecule has 0 aliphatic carbocycles. The van der Waals surface area contributed by atoms with Gasteiger partial charge in [0, 0.05) is 5.69 Å². The highest BCUT2D eigenvalue weighted by molar-refractivity contribution is 6.21. The van der Waals surface area contributed by atoms with Crippen LogP contribution in [0.1, 0.15) is 32.1 Å². The Kier molecular flexibility index (Phi) is 2.48. The minimum absolute atomic E-state index is 0.159. The summed E-state index contributed by atoms with van der Waals surface area (Å²) in [5.41, 5.74) is 2.73. The average Bonchev–Trinajstić information content (AvgIpc) is 2.83. The number of rotatable bonds is 2. The minimum Gasteiger partial charge on any atom is -0.269 e. The fourth-order valence-corrected chi connectivity index (χ4v) is 2.32. The molecule has 2 heterocycles. The summed E-state index contributed by atoms with van der Waals surface area (Å²) < 4.78 is 1.66. The van der Waals surface area contributed by atoms with Crippen LogP contribution in [0, 0.1) is 13.8 Å². The lowest BCUT2D eigenvalue weighted by Crippen LogP contribution is -2.32. The van der Waals surface area contributed by atoms with Crippen molar-refractivity contribution in [2.24, 2.45) is 0 Å². The first kappa shape index (κ1) is 11.6. The molecule has 2 aromatic rings. The van der Waals surface area contributed by atoms with Gasteiger partial charge in [0.1, 0.15) is 6.67 Å². The molecular weight excluding hydrogens is 242 g/mol. The van der Waals surface area contributed by atoms with Gasteiger partial charge in [0.05, 0.1) is 16.8 Å². The van der Waals surface area contributed by atoms with Gasteiger partial charge in [-0.1, -0.05) is 12.1 Å². The molecule has 0 fully saturated rings. The standard InChI is InChI=1S/C14H13N3O2/c1-9-7-10(2)17(15-9)8-16-13(18)11-5-3-4-6-12(11)14(16)19/h3-7H,8H2,1-2H3. The number of benzene rings is 1. The van der Waals surface area contributed by atoms with Crippen molar-refractivity contribution < 1.29 is 9.59 Å². The number of imide groups is 1. The Morgan fingerprint density at radius 3 is 2.11 bits per heavy atom. The van der Waals surface area contributed by atoms with Gasteiger partial charge in [0.25, 0.3) is 11.8 Å². The zero-order valence-corrected chi connectivity index (χ0v) is 10.8. The lowest BCUT2D eigenvalue weighted by molar-refractivity contribution is 0.0596. The van der Waals surface area contributed by atoms with E-state index < -0.39 is 0 Å². The summed E-state index contributed by atoms with van der Waals surface area (Å²) >= 11 is 0. The summed E-state index contributed by atoms with van der Waals surface area (Å²) in [5, 5.41) is 4.28. The van der Waals surface area contributed by atoms with Gasteiger partial charge >= 0.3 is 0 Å². The Labute approximate surface area is 110 Å². The van der Waals surface area contributed by atoms with Crippen LogP contribution in [0.2, 0.25) is 0 Å². The smallest absolute Gasteiger partial charge is 0.263 e. The maximum absolute atomic E-state index is 12.2. The molecule has 3 rings (SSSR count). The summed E-state index contributed by atoms with van der Waals surface area (Å²) in [6.45, 7) is 3.94. The Bertz CT molecular complexity index is 653. The van der Waals surface area contributed by atoms with E-state index in [0.29, 0.717) is 11.1 Å². The number of hydrogen-bond donors (Lipinski definition) is 0. The van der Waals surface area contributed by atoms with E-state index in [1.807, 2.05) is 19.9 Å². The average molecular weight is 255 g/mol. The van der Waals surface area contributed by atoms with E-state index in [2.05, 4.69) is 5.10 Å². The van der Waals surface area contributed by atoms with Gasteiger partial charge in [0.15, 0.2) is 0 Å². The Balaban J connectivity index is 1.94. The highest BCUT2D eigenvalue weighted by Crippen LogP contribution is 2.23. The van der Waals surface area contributed by atoms with E-state index >= 15 is 0 Å². The van der Waals surface area contributed by atoms with Crippen molar-refractivity contribution in [3.8, 4) is 0 Å². The van der Waals surface area contributed by atoms with Crippen LogP contribution in [0.3, 0.4) is 0 Å². The van der Waals surface area contributed by atoms with Crippen molar-refractivity contribution >= 4 is 11.8 Å². The van der Waals surface area contributed by atoms with Crippen LogP contribution in [0.4, 0.5) is 0 Å². The third-order valence-electron chi connectivity index (χ3n) is 3.26. The molecule has 0 saturated carbocycles. The lowest BCUT2D eigenvalue weighted by Gasteiger charge is -2.14. The van der Waals surface area contributed by atoms with Crippen molar-refractivity contribution in [1.29, 1.82) is 0 Å². The number of amides is 2. The first-order valence-electron chi connectivity index (χ1n) is 6.04. The van der Waals surface area contributed by atoms with Crippen LogP contribution < -0.4 is 0 Å². The van der Waals surface area contributed by atoms with Gasteiger partial charge in [-0.05, 0) is 32.0 Å². The van der Waals surface area contributed by atoms with Crippen LogP contribution in [-0.2, 0) is 6.67 Å². The lowest BCUT2D eigenvalue weighted by atomic mass is 10.1. The molecule has 1 aliphatic rings. The molecule has 1 aromatic carbocycles. The van der Waals surface area contributed by atoms with Crippen LogP contribution in [0.15, 0.2) is 30.3 Å². The van der Waals surface area contributed by atoms with E-state index in [1.54, 1.807) is 28.9 Å². The van der Waals surface area contributed by atoms with Crippen LogP contribution in [-0.4, -0.2) is 26.5 Å². The van der Waals surface area contributed by atoms with Gasteiger partial charge < -0.3 is 0 Å². The summed E-state index contributed by atoms with van der Waals surface area (Å²) in [6.07, 6.45) is 0. The van der Waals surface area contributed by atoms with Crippen LogP contribution in [0.5, 0.6) is 0 Å². The highest BCUT2D eigenvalue weighted by atomic mass is 16.2. The molecule has 0 N–H and O–H groups in total. The van der Waals surface area contributed by atoms with E-state index in [-0.39, 0.29) is 18.5 Å². The second-order valence-electron chi connectivity index (χ2n) is 4.65. The number of fused-ring (bicyclic) bond motifs is 1. The number of carbonyl (C=O) groups is 2. The molecule has 0 radical (unpaired) electrons. The van der Waals surface area contributed by atoms with Crippen LogP contribution >= 0.6 is 0 Å². The zero-order valence-electron chi connectivity index (χ0n) is 10.8. The zero-order chi connectivity index (χ0) is 13.6. The van der Waals surface area contributed by atoms with Crippen molar-refractivity contribution in [2.75, 3.05) is 0 Å². The number of hydrogen-bond acceptors (Lipinski definition) is 3. The van der Waals surface area contributed by atoms with Gasteiger partial charge in [-0.25, -0.2) is 4.68 Å². The minimum atomic E-state index is -0.256. The first-order valence-corrected chi connectivity index (χ1v) is 6.04. The van der Waals surface area contributed by atoms with Crippen LogP contribution in [0.25, 0.3) is 0 Å². The summed E-state index contributed by atoms with van der Waals surface area (Å²) in [7, 11) is 0. The molecule has 0 spiro atoms. The summed E-state index contributed by atoms with van der Waals surface area (Å²) in [6, 6.07) is 8.79. The molecule has 96 valence electrons. The highest BCUT2D eigenvalue weighted by Gasteiger charge is 2.35. The first-order chi connectivity index (χ1) is 9.08. The fourth-order valence-electron chi connectivity index (χ4n) is 2.32. The van der Waals surface area contributed by atoms with Crippen molar-refractivity contribution in [2.45, 2.75) is 20.5 Å². The molecule has 1 aliphatic heterocycles. The predicted octanol–water partition coefficient (Wildman–Crippen LogP) is 1.75. The Morgan fingerprint density at radius 2 is 1.63 bits per heavy atom. The molecule has 2 amide bonds. The molecule has 0 saturated heterocycles. The molecule has 5 heteroatoms. The topological polar surface area (TPSA) is 55.2 Å². The molecule has 0 unspecified atom stereocenters. The maximum Gasteiger partial charge on any atom is 0.263 e. The Hall–Kier alpha value is -2.43. The second-order valence-corrected chi connectivity index (χ2v) is 4.65. The van der Waals surface area contributed by atoms with Gasteiger partial charge in [0.2, 0.25) is 0 Å². The second kappa shape index (κ2) is 4.05. The van der Waals surface area contributed by atoms with E-state index in [1.165, 1.54) is 4.90 Å². The number of aromatic nitrogens is 2. The molecular formula is C14H13N3O2. The quantitative estimate of drug-likeness (QED) is 0.768. The molecule has 1 aromatic heterocycles. The fraction of sp³-hybridized carbons (Fsp3) is 0.214. The van der Waals surface area contributed by atoms with E-state index in [4.69, 9.17) is 0 Å². The third kappa shape index (κ3) is 1.74.